The van der Waals surface area contributed by atoms with E-state index in [0.29, 0.717) is 18.6 Å². The second kappa shape index (κ2) is 10.6. The van der Waals surface area contributed by atoms with Crippen molar-refractivity contribution in [2.75, 3.05) is 19.8 Å². The molecular formula is C21H20O8. The second-order valence-electron chi connectivity index (χ2n) is 5.87. The van der Waals surface area contributed by atoms with Gasteiger partial charge in [0.25, 0.3) is 0 Å². The largest absolute Gasteiger partial charge is 0.478 e. The van der Waals surface area contributed by atoms with Crippen LogP contribution in [0.3, 0.4) is 0 Å². The molecular weight excluding hydrogens is 380 g/mol. The minimum absolute atomic E-state index is 0.0557. The number of hydrogen-bond donors (Lipinski definition) is 1. The molecule has 1 N–H and O–H groups in total. The zero-order valence-electron chi connectivity index (χ0n) is 15.8. The van der Waals surface area contributed by atoms with E-state index in [-0.39, 0.29) is 29.9 Å². The smallest absolute Gasteiger partial charge is 0.338 e. The highest BCUT2D eigenvalue weighted by atomic mass is 16.6. The lowest BCUT2D eigenvalue weighted by atomic mass is 10.1. The Labute approximate surface area is 167 Å². The number of rotatable bonds is 9. The summed E-state index contributed by atoms with van der Waals surface area (Å²) in [5.41, 5.74) is 0.817. The third kappa shape index (κ3) is 6.46. The van der Waals surface area contributed by atoms with Crippen LogP contribution < -0.4 is 0 Å². The van der Waals surface area contributed by atoms with Gasteiger partial charge in [0, 0.05) is 0 Å². The van der Waals surface area contributed by atoms with Crippen molar-refractivity contribution in [2.24, 2.45) is 0 Å². The molecule has 152 valence electrons. The molecule has 0 unspecified atom stereocenters. The van der Waals surface area contributed by atoms with Gasteiger partial charge in [0.2, 0.25) is 0 Å². The van der Waals surface area contributed by atoms with Crippen molar-refractivity contribution in [1.82, 2.24) is 0 Å². The van der Waals surface area contributed by atoms with Gasteiger partial charge in [0.05, 0.1) is 28.9 Å². The fourth-order valence-corrected chi connectivity index (χ4v) is 2.20. The van der Waals surface area contributed by atoms with Gasteiger partial charge in [-0.1, -0.05) is 6.92 Å². The first-order chi connectivity index (χ1) is 13.9. The van der Waals surface area contributed by atoms with Crippen molar-refractivity contribution < 1.29 is 38.5 Å². The molecule has 2 aromatic rings. The quantitative estimate of drug-likeness (QED) is 0.388. The first-order valence-corrected chi connectivity index (χ1v) is 8.87. The Kier molecular flexibility index (Phi) is 7.90. The summed E-state index contributed by atoms with van der Waals surface area (Å²) in [5.74, 6) is -2.84. The Bertz CT molecular complexity index is 869. The molecule has 0 aliphatic heterocycles. The summed E-state index contributed by atoms with van der Waals surface area (Å²) in [4.78, 5) is 46.3. The van der Waals surface area contributed by atoms with Gasteiger partial charge in [-0.15, -0.1) is 0 Å². The van der Waals surface area contributed by atoms with Crippen LogP contribution in [0.2, 0.25) is 0 Å². The Morgan fingerprint density at radius 1 is 0.621 bits per heavy atom. The predicted molar refractivity (Wildman–Crippen MR) is 101 cm³/mol. The average molecular weight is 400 g/mol. The zero-order valence-corrected chi connectivity index (χ0v) is 15.8. The van der Waals surface area contributed by atoms with Crippen LogP contribution in [0.1, 0.15) is 54.8 Å². The molecule has 2 rings (SSSR count). The predicted octanol–water partition coefficient (Wildman–Crippen LogP) is 2.97. The van der Waals surface area contributed by atoms with Crippen molar-refractivity contribution >= 4 is 23.9 Å². The third-order valence-corrected chi connectivity index (χ3v) is 3.71. The molecule has 0 atom stereocenters. The maximum Gasteiger partial charge on any atom is 0.338 e. The molecule has 2 aromatic carbocycles. The van der Waals surface area contributed by atoms with E-state index in [1.807, 2.05) is 6.92 Å². The third-order valence-electron chi connectivity index (χ3n) is 3.71. The molecule has 8 nitrogen and oxygen atoms in total. The van der Waals surface area contributed by atoms with E-state index in [0.717, 1.165) is 0 Å². The average Bonchev–Trinajstić information content (AvgIpc) is 2.74. The summed E-state index contributed by atoms with van der Waals surface area (Å²) >= 11 is 0. The van der Waals surface area contributed by atoms with Crippen molar-refractivity contribution in [1.29, 1.82) is 0 Å². The summed E-state index contributed by atoms with van der Waals surface area (Å²) in [6.45, 7) is 1.90. The van der Waals surface area contributed by atoms with E-state index < -0.39 is 23.9 Å². The second-order valence-corrected chi connectivity index (χ2v) is 5.87. The fraction of sp³-hybridized carbons (Fsp3) is 0.238. The molecule has 0 aromatic heterocycles. The maximum absolute atomic E-state index is 12.0. The van der Waals surface area contributed by atoms with E-state index >= 15 is 0 Å². The molecule has 0 aliphatic rings. The number of carbonyl (C=O) groups excluding carboxylic acids is 3. The Morgan fingerprint density at radius 3 is 1.24 bits per heavy atom. The van der Waals surface area contributed by atoms with Crippen molar-refractivity contribution in [3.8, 4) is 0 Å². The zero-order chi connectivity index (χ0) is 21.2. The van der Waals surface area contributed by atoms with Crippen LogP contribution in [-0.2, 0) is 14.2 Å². The summed E-state index contributed by atoms with van der Waals surface area (Å²) in [7, 11) is 0. The summed E-state index contributed by atoms with van der Waals surface area (Å²) in [6.07, 6.45) is 0.717. The van der Waals surface area contributed by atoms with Crippen LogP contribution in [0, 0.1) is 0 Å². The van der Waals surface area contributed by atoms with Crippen molar-refractivity contribution in [3.63, 3.8) is 0 Å². The van der Waals surface area contributed by atoms with Crippen LogP contribution in [0.5, 0.6) is 0 Å². The number of aromatic carboxylic acids is 1. The monoisotopic (exact) mass is 400 g/mol. The van der Waals surface area contributed by atoms with E-state index in [4.69, 9.17) is 19.3 Å². The number of benzene rings is 2. The van der Waals surface area contributed by atoms with Gasteiger partial charge in [-0.3, -0.25) is 0 Å². The summed E-state index contributed by atoms with van der Waals surface area (Å²) < 4.78 is 15.0. The highest BCUT2D eigenvalue weighted by molar-refractivity contribution is 5.94. The molecule has 29 heavy (non-hydrogen) atoms. The number of hydrogen-bond acceptors (Lipinski definition) is 7. The minimum atomic E-state index is -1.09. The Morgan fingerprint density at radius 2 is 0.931 bits per heavy atom. The SMILES string of the molecule is CCCOC(=O)c1ccc(C(=O)OCCOC(=O)c2ccc(C(=O)O)cc2)cc1. The molecule has 0 aliphatic carbocycles. The Hall–Kier alpha value is -3.68. The number of esters is 3. The van der Waals surface area contributed by atoms with Crippen LogP contribution >= 0.6 is 0 Å². The summed E-state index contributed by atoms with van der Waals surface area (Å²) in [6, 6.07) is 11.1. The molecule has 0 bridgehead atoms. The molecule has 0 amide bonds. The molecule has 0 fully saturated rings. The van der Waals surface area contributed by atoms with Crippen LogP contribution in [0.25, 0.3) is 0 Å². The summed E-state index contributed by atoms with van der Waals surface area (Å²) in [5, 5.41) is 8.82. The van der Waals surface area contributed by atoms with Gasteiger partial charge >= 0.3 is 23.9 Å². The van der Waals surface area contributed by atoms with E-state index in [2.05, 4.69) is 0 Å². The molecule has 0 saturated carbocycles. The lowest BCUT2D eigenvalue weighted by Gasteiger charge is -2.07. The van der Waals surface area contributed by atoms with Gasteiger partial charge in [0.1, 0.15) is 13.2 Å². The topological polar surface area (TPSA) is 116 Å². The number of carbonyl (C=O) groups is 4. The highest BCUT2D eigenvalue weighted by Gasteiger charge is 2.12. The standard InChI is InChI=1S/C21H20O8/c1-2-11-27-19(24)16-7-9-17(10-8-16)21(26)29-13-12-28-20(25)15-5-3-14(4-6-15)18(22)23/h3-10H,2,11-13H2,1H3,(H,22,23). The van der Waals surface area contributed by atoms with Gasteiger partial charge in [-0.05, 0) is 55.0 Å². The molecule has 0 spiro atoms. The van der Waals surface area contributed by atoms with Crippen LogP contribution in [0.15, 0.2) is 48.5 Å². The highest BCUT2D eigenvalue weighted by Crippen LogP contribution is 2.09. The van der Waals surface area contributed by atoms with Gasteiger partial charge in [-0.2, -0.15) is 0 Å². The number of carboxylic acid groups (broad SMARTS) is 1. The Balaban J connectivity index is 1.77. The van der Waals surface area contributed by atoms with Crippen LogP contribution in [-0.4, -0.2) is 48.8 Å². The lowest BCUT2D eigenvalue weighted by molar-refractivity contribution is 0.0265. The van der Waals surface area contributed by atoms with Gasteiger partial charge in [0.15, 0.2) is 0 Å². The molecule has 0 saturated heterocycles. The maximum atomic E-state index is 12.0. The van der Waals surface area contributed by atoms with Crippen LogP contribution in [0.4, 0.5) is 0 Å². The fourth-order valence-electron chi connectivity index (χ4n) is 2.20. The first-order valence-electron chi connectivity index (χ1n) is 8.87. The van der Waals surface area contributed by atoms with Crippen molar-refractivity contribution in [2.45, 2.75) is 13.3 Å². The minimum Gasteiger partial charge on any atom is -0.478 e. The van der Waals surface area contributed by atoms with E-state index in [1.54, 1.807) is 0 Å². The van der Waals surface area contributed by atoms with E-state index in [1.165, 1.54) is 48.5 Å². The number of carboxylic acids is 1. The lowest BCUT2D eigenvalue weighted by Crippen LogP contribution is -2.14. The normalized spacial score (nSPS) is 10.1. The van der Waals surface area contributed by atoms with Gasteiger partial charge in [-0.25, -0.2) is 19.2 Å². The van der Waals surface area contributed by atoms with E-state index in [9.17, 15) is 19.2 Å². The molecule has 8 heteroatoms. The van der Waals surface area contributed by atoms with Gasteiger partial charge < -0.3 is 19.3 Å². The molecule has 0 heterocycles. The first kappa shape index (κ1) is 21.6. The number of ether oxygens (including phenoxy) is 3. The van der Waals surface area contributed by atoms with Crippen molar-refractivity contribution in [3.05, 3.63) is 70.8 Å². The molecule has 0 radical (unpaired) electrons.